The maximum atomic E-state index is 12.9. The first-order valence-corrected chi connectivity index (χ1v) is 14.4. The van der Waals surface area contributed by atoms with Crippen LogP contribution in [0.4, 0.5) is 0 Å². The number of nitrogens with zero attached hydrogens (tertiary/aromatic N) is 3. The number of halogens is 1. The molecule has 0 amide bonds. The Morgan fingerprint density at radius 2 is 1.82 bits per heavy atom. The summed E-state index contributed by atoms with van der Waals surface area (Å²) in [5.41, 5.74) is 3.85. The number of likely N-dealkylation sites (tertiary alicyclic amines) is 1. The second-order valence-corrected chi connectivity index (χ2v) is 12.1. The fourth-order valence-corrected chi connectivity index (χ4v) is 7.31. The van der Waals surface area contributed by atoms with Gasteiger partial charge in [0.15, 0.2) is 0 Å². The normalized spacial score (nSPS) is 23.3. The van der Waals surface area contributed by atoms with Crippen LogP contribution in [0.25, 0.3) is 16.6 Å². The van der Waals surface area contributed by atoms with E-state index in [9.17, 15) is 9.59 Å². The number of carbonyl (C=O) groups is 1. The van der Waals surface area contributed by atoms with E-state index in [2.05, 4.69) is 46.5 Å². The Hall–Kier alpha value is -2.70. The molecule has 2 aromatic carbocycles. The van der Waals surface area contributed by atoms with Crippen LogP contribution < -0.4 is 5.56 Å². The van der Waals surface area contributed by atoms with Crippen molar-refractivity contribution in [2.24, 2.45) is 5.92 Å². The number of fused-ring (bicyclic) bond motifs is 5. The minimum absolute atomic E-state index is 0.0133. The summed E-state index contributed by atoms with van der Waals surface area (Å²) in [7, 11) is 0. The third kappa shape index (κ3) is 4.17. The molecule has 2 fully saturated rings. The molecule has 6 nitrogen and oxygen atoms in total. The Morgan fingerprint density at radius 3 is 2.53 bits per heavy atom. The van der Waals surface area contributed by atoms with Gasteiger partial charge in [-0.25, -0.2) is 0 Å². The fourth-order valence-electron chi connectivity index (χ4n) is 7.06. The summed E-state index contributed by atoms with van der Waals surface area (Å²) in [6, 6.07) is 13.1. The molecule has 0 spiro atoms. The third-order valence-electron chi connectivity index (χ3n) is 9.19. The summed E-state index contributed by atoms with van der Waals surface area (Å²) in [4.78, 5) is 32.2. The number of hydrogen-bond donors (Lipinski definition) is 0. The van der Waals surface area contributed by atoms with Gasteiger partial charge in [0.25, 0.3) is 5.56 Å². The van der Waals surface area contributed by atoms with Crippen LogP contribution in [0.2, 0.25) is 5.02 Å². The summed E-state index contributed by atoms with van der Waals surface area (Å²) < 4.78 is 7.40. The molecule has 7 heteroatoms. The highest BCUT2D eigenvalue weighted by Crippen LogP contribution is 2.45. The molecule has 0 atom stereocenters. The summed E-state index contributed by atoms with van der Waals surface area (Å²) in [5, 5.41) is 0.930. The molecule has 200 valence electrons. The number of hydrogen-bond acceptors (Lipinski definition) is 5. The molecule has 1 aromatic heterocycles. The smallest absolute Gasteiger partial charge is 0.308 e. The molecule has 3 heterocycles. The zero-order valence-electron chi connectivity index (χ0n) is 22.5. The van der Waals surface area contributed by atoms with Crippen LogP contribution in [0, 0.1) is 5.92 Å². The van der Waals surface area contributed by atoms with Crippen LogP contribution in [0.3, 0.4) is 0 Å². The zero-order chi connectivity index (χ0) is 26.6. The van der Waals surface area contributed by atoms with Crippen molar-refractivity contribution in [3.8, 4) is 5.69 Å². The summed E-state index contributed by atoms with van der Waals surface area (Å²) >= 11 is 6.45. The van der Waals surface area contributed by atoms with Gasteiger partial charge in [0.1, 0.15) is 5.82 Å². The number of carbonyl (C=O) groups excluding carboxylic acids is 1. The topological polar surface area (TPSA) is 64.4 Å². The van der Waals surface area contributed by atoms with Crippen molar-refractivity contribution < 1.29 is 9.53 Å². The van der Waals surface area contributed by atoms with E-state index in [-0.39, 0.29) is 22.9 Å². The van der Waals surface area contributed by atoms with E-state index in [1.165, 1.54) is 11.1 Å². The molecule has 1 saturated carbocycles. The minimum atomic E-state index is -0.366. The zero-order valence-corrected chi connectivity index (χ0v) is 23.3. The second kappa shape index (κ2) is 9.80. The first kappa shape index (κ1) is 25.6. The molecule has 0 bridgehead atoms. The predicted octanol–water partition coefficient (Wildman–Crippen LogP) is 5.98. The lowest BCUT2D eigenvalue weighted by Gasteiger charge is -2.40. The molecule has 38 heavy (non-hydrogen) atoms. The second-order valence-electron chi connectivity index (χ2n) is 11.7. The van der Waals surface area contributed by atoms with E-state index in [4.69, 9.17) is 16.3 Å². The van der Waals surface area contributed by atoms with Crippen molar-refractivity contribution in [2.75, 3.05) is 19.7 Å². The lowest BCUT2D eigenvalue weighted by Crippen LogP contribution is -2.43. The number of benzene rings is 2. The predicted molar refractivity (Wildman–Crippen MR) is 150 cm³/mol. The van der Waals surface area contributed by atoms with Gasteiger partial charge in [0.2, 0.25) is 0 Å². The van der Waals surface area contributed by atoms with Gasteiger partial charge in [-0.2, -0.15) is 4.98 Å². The van der Waals surface area contributed by atoms with Gasteiger partial charge >= 0.3 is 5.97 Å². The quantitative estimate of drug-likeness (QED) is 0.386. The number of rotatable bonds is 4. The monoisotopic (exact) mass is 533 g/mol. The van der Waals surface area contributed by atoms with Gasteiger partial charge in [-0.3, -0.25) is 14.2 Å². The van der Waals surface area contributed by atoms with Crippen LogP contribution in [-0.4, -0.2) is 46.2 Å². The Kier molecular flexibility index (Phi) is 6.59. The van der Waals surface area contributed by atoms with Gasteiger partial charge in [0.05, 0.1) is 39.6 Å². The Balaban J connectivity index is 1.22. The van der Waals surface area contributed by atoms with E-state index >= 15 is 0 Å². The van der Waals surface area contributed by atoms with Crippen molar-refractivity contribution in [1.82, 2.24) is 14.5 Å². The van der Waals surface area contributed by atoms with E-state index in [1.807, 2.05) is 19.1 Å². The molecule has 6 rings (SSSR count). The summed E-state index contributed by atoms with van der Waals surface area (Å²) in [6.07, 6.45) is 6.30. The first-order chi connectivity index (χ1) is 18.3. The van der Waals surface area contributed by atoms with Crippen molar-refractivity contribution >= 4 is 28.5 Å². The third-order valence-corrected chi connectivity index (χ3v) is 9.51. The Labute approximate surface area is 229 Å². The molecule has 2 aliphatic heterocycles. The highest BCUT2D eigenvalue weighted by Gasteiger charge is 2.39. The van der Waals surface area contributed by atoms with Gasteiger partial charge in [-0.15, -0.1) is 0 Å². The van der Waals surface area contributed by atoms with E-state index in [1.54, 1.807) is 6.07 Å². The van der Waals surface area contributed by atoms with Crippen LogP contribution in [-0.2, 0) is 14.9 Å². The lowest BCUT2D eigenvalue weighted by molar-refractivity contribution is -0.149. The number of piperidine rings is 1. The number of ether oxygens (including phenoxy) is 1. The highest BCUT2D eigenvalue weighted by atomic mass is 35.5. The maximum Gasteiger partial charge on any atom is 0.308 e. The highest BCUT2D eigenvalue weighted by molar-refractivity contribution is 6.35. The largest absolute Gasteiger partial charge is 0.466 e. The molecule has 3 aromatic rings. The van der Waals surface area contributed by atoms with Gasteiger partial charge in [0, 0.05) is 6.04 Å². The SMILES string of the molecule is CCOC(=O)C1CCC(N2CCC(c3ccc4c(c3)-n3c(nc(=O)c5c(Cl)cccc53)C4(C)C)CC2)CC1. The van der Waals surface area contributed by atoms with E-state index < -0.39 is 0 Å². The molecule has 3 aliphatic rings. The van der Waals surface area contributed by atoms with Gasteiger partial charge in [-0.05, 0) is 108 Å². The van der Waals surface area contributed by atoms with E-state index in [0.717, 1.165) is 68.6 Å². The van der Waals surface area contributed by atoms with Crippen molar-refractivity contribution in [1.29, 1.82) is 0 Å². The van der Waals surface area contributed by atoms with Crippen LogP contribution in [0.1, 0.15) is 82.2 Å². The first-order valence-electron chi connectivity index (χ1n) is 14.1. The molecule has 0 radical (unpaired) electrons. The molecule has 0 unspecified atom stereocenters. The molecular weight excluding hydrogens is 498 g/mol. The minimum Gasteiger partial charge on any atom is -0.466 e. The van der Waals surface area contributed by atoms with Crippen molar-refractivity contribution in [3.63, 3.8) is 0 Å². The van der Waals surface area contributed by atoms with Crippen LogP contribution >= 0.6 is 11.6 Å². The summed E-state index contributed by atoms with van der Waals surface area (Å²) in [6.45, 7) is 8.81. The standard InChI is InChI=1S/C31H36ClN3O3/c1-4-38-29(37)20-8-11-22(12-9-20)34-16-14-19(15-17-34)21-10-13-23-26(18-21)35-25-7-5-6-24(32)27(25)28(36)33-30(35)31(23,2)3/h5-7,10,13,18-20,22H,4,8-9,11-12,14-17H2,1-3H3. The Bertz CT molecular complexity index is 1450. The van der Waals surface area contributed by atoms with Crippen LogP contribution in [0.15, 0.2) is 41.2 Å². The number of aromatic nitrogens is 2. The molecule has 1 saturated heterocycles. The van der Waals surface area contributed by atoms with Crippen molar-refractivity contribution in [2.45, 2.75) is 76.7 Å². The fraction of sp³-hybridized carbons (Fsp3) is 0.516. The maximum absolute atomic E-state index is 12.9. The molecule has 0 N–H and O–H groups in total. The van der Waals surface area contributed by atoms with Gasteiger partial charge < -0.3 is 9.64 Å². The average molecular weight is 534 g/mol. The molecule has 1 aliphatic carbocycles. The summed E-state index contributed by atoms with van der Waals surface area (Å²) in [5.74, 6) is 1.35. The number of esters is 1. The van der Waals surface area contributed by atoms with Crippen LogP contribution in [0.5, 0.6) is 0 Å². The van der Waals surface area contributed by atoms with Gasteiger partial charge in [-0.1, -0.05) is 29.8 Å². The van der Waals surface area contributed by atoms with Crippen molar-refractivity contribution in [3.05, 3.63) is 68.7 Å². The van der Waals surface area contributed by atoms with E-state index in [0.29, 0.717) is 29.0 Å². The average Bonchev–Trinajstić information content (AvgIpc) is 3.15. The Morgan fingerprint density at radius 1 is 1.08 bits per heavy atom. The lowest BCUT2D eigenvalue weighted by atomic mass is 9.81. The molecular formula is C31H36ClN3O3.